The van der Waals surface area contributed by atoms with Gasteiger partial charge in [0.1, 0.15) is 0 Å². The molecule has 1 saturated heterocycles. The molecule has 2 atom stereocenters. The maximum absolute atomic E-state index is 12.2. The third kappa shape index (κ3) is 3.27. The zero-order chi connectivity index (χ0) is 16.3. The molecule has 2 fully saturated rings. The molecule has 23 heavy (non-hydrogen) atoms. The topological polar surface area (TPSA) is 70.6 Å². The summed E-state index contributed by atoms with van der Waals surface area (Å²) >= 11 is 0. The van der Waals surface area contributed by atoms with Crippen LogP contribution in [0.15, 0.2) is 24.3 Å². The van der Waals surface area contributed by atoms with Gasteiger partial charge in [0, 0.05) is 30.4 Å². The van der Waals surface area contributed by atoms with Crippen LogP contribution in [0, 0.1) is 5.41 Å². The van der Waals surface area contributed by atoms with E-state index < -0.39 is 0 Å². The van der Waals surface area contributed by atoms with E-state index in [2.05, 4.69) is 17.6 Å². The molecule has 1 saturated carbocycles. The van der Waals surface area contributed by atoms with Gasteiger partial charge in [-0.05, 0) is 37.3 Å². The van der Waals surface area contributed by atoms with Gasteiger partial charge in [-0.2, -0.15) is 0 Å². The predicted molar refractivity (Wildman–Crippen MR) is 89.4 cm³/mol. The van der Waals surface area contributed by atoms with Gasteiger partial charge in [0.25, 0.3) is 0 Å². The normalized spacial score (nSPS) is 25.8. The first kappa shape index (κ1) is 16.4. The van der Waals surface area contributed by atoms with Crippen molar-refractivity contribution in [2.45, 2.75) is 44.8 Å². The van der Waals surface area contributed by atoms with Gasteiger partial charge in [0.05, 0.1) is 12.6 Å². The number of rotatable bonds is 5. The second-order valence-corrected chi connectivity index (χ2v) is 6.59. The predicted octanol–water partition coefficient (Wildman–Crippen LogP) is 1.71. The molecule has 3 rings (SSSR count). The minimum Gasteiger partial charge on any atom is -0.392 e. The van der Waals surface area contributed by atoms with E-state index >= 15 is 0 Å². The Labute approximate surface area is 137 Å². The molecule has 3 N–H and O–H groups in total. The summed E-state index contributed by atoms with van der Waals surface area (Å²) in [5, 5.41) is 16.5. The molecule has 2 aliphatic rings. The zero-order valence-corrected chi connectivity index (χ0v) is 13.7. The van der Waals surface area contributed by atoms with Gasteiger partial charge < -0.3 is 20.5 Å². The molecular weight excluding hydrogens is 292 g/mol. The van der Waals surface area contributed by atoms with Crippen molar-refractivity contribution in [1.82, 2.24) is 5.32 Å². The third-order valence-electron chi connectivity index (χ3n) is 5.42. The number of aryl methyl sites for hydroxylation is 1. The van der Waals surface area contributed by atoms with Crippen LogP contribution in [-0.2, 0) is 16.0 Å². The maximum Gasteiger partial charge on any atom is 0.238 e. The SMILES string of the molecule is CCc1ccccc1NC(=O)CN[C@@H]1C[C@@H](O)C12CCOCC2. The number of anilines is 1. The van der Waals surface area contributed by atoms with Crippen molar-refractivity contribution in [3.63, 3.8) is 0 Å². The van der Waals surface area contributed by atoms with Crippen molar-refractivity contribution >= 4 is 11.6 Å². The summed E-state index contributed by atoms with van der Waals surface area (Å²) in [6.45, 7) is 3.75. The van der Waals surface area contributed by atoms with Crippen LogP contribution < -0.4 is 10.6 Å². The minimum atomic E-state index is -0.271. The van der Waals surface area contributed by atoms with E-state index in [0.29, 0.717) is 13.2 Å². The molecule has 0 aromatic heterocycles. The highest BCUT2D eigenvalue weighted by Gasteiger charge is 2.54. The third-order valence-corrected chi connectivity index (χ3v) is 5.42. The van der Waals surface area contributed by atoms with Gasteiger partial charge in [0.2, 0.25) is 5.91 Å². The Morgan fingerprint density at radius 3 is 2.78 bits per heavy atom. The molecule has 1 heterocycles. The summed E-state index contributed by atoms with van der Waals surface area (Å²) in [6, 6.07) is 8.08. The van der Waals surface area contributed by atoms with Crippen molar-refractivity contribution in [2.24, 2.45) is 5.41 Å². The number of aliphatic hydroxyl groups excluding tert-OH is 1. The molecule has 0 radical (unpaired) electrons. The fourth-order valence-corrected chi connectivity index (χ4v) is 3.84. The summed E-state index contributed by atoms with van der Waals surface area (Å²) in [5.41, 5.74) is 1.93. The molecule has 1 aliphatic carbocycles. The Balaban J connectivity index is 1.53. The number of benzene rings is 1. The second kappa shape index (κ2) is 6.99. The molecule has 1 spiro atoms. The average Bonchev–Trinajstić information content (AvgIpc) is 2.59. The molecular formula is C18H26N2O3. The molecule has 0 unspecified atom stereocenters. The van der Waals surface area contributed by atoms with E-state index in [1.54, 1.807) is 0 Å². The lowest BCUT2D eigenvalue weighted by molar-refractivity contribution is -0.149. The van der Waals surface area contributed by atoms with Crippen LogP contribution in [0.25, 0.3) is 0 Å². The first-order valence-electron chi connectivity index (χ1n) is 8.52. The van der Waals surface area contributed by atoms with Gasteiger partial charge in [-0.15, -0.1) is 0 Å². The smallest absolute Gasteiger partial charge is 0.238 e. The molecule has 0 bridgehead atoms. The van der Waals surface area contributed by atoms with Crippen LogP contribution in [0.3, 0.4) is 0 Å². The number of para-hydroxylation sites is 1. The summed E-state index contributed by atoms with van der Waals surface area (Å²) in [6.07, 6.45) is 3.08. The van der Waals surface area contributed by atoms with Crippen molar-refractivity contribution in [2.75, 3.05) is 25.1 Å². The molecule has 1 aliphatic heterocycles. The highest BCUT2D eigenvalue weighted by molar-refractivity contribution is 5.93. The van der Waals surface area contributed by atoms with Gasteiger partial charge >= 0.3 is 0 Å². The van der Waals surface area contributed by atoms with Gasteiger partial charge in [-0.3, -0.25) is 4.79 Å². The Morgan fingerprint density at radius 1 is 1.35 bits per heavy atom. The highest BCUT2D eigenvalue weighted by Crippen LogP contribution is 2.48. The standard InChI is InChI=1S/C18H26N2O3/c1-2-13-5-3-4-6-14(13)20-17(22)12-19-15-11-16(21)18(15)7-9-23-10-8-18/h3-6,15-16,19,21H,2,7-12H2,1H3,(H,20,22)/t15-,16-/m1/s1. The fourth-order valence-electron chi connectivity index (χ4n) is 3.84. The molecule has 5 nitrogen and oxygen atoms in total. The number of hydrogen-bond donors (Lipinski definition) is 3. The van der Waals surface area contributed by atoms with Crippen molar-refractivity contribution in [3.8, 4) is 0 Å². The van der Waals surface area contributed by atoms with Crippen LogP contribution in [-0.4, -0.2) is 42.9 Å². The van der Waals surface area contributed by atoms with Crippen LogP contribution in [0.1, 0.15) is 31.7 Å². The largest absolute Gasteiger partial charge is 0.392 e. The lowest BCUT2D eigenvalue weighted by Crippen LogP contribution is -2.65. The summed E-state index contributed by atoms with van der Waals surface area (Å²) < 4.78 is 5.41. The molecule has 1 aromatic carbocycles. The van der Waals surface area contributed by atoms with Crippen LogP contribution in [0.4, 0.5) is 5.69 Å². The Kier molecular flexibility index (Phi) is 4.99. The summed E-state index contributed by atoms with van der Waals surface area (Å²) in [7, 11) is 0. The lowest BCUT2D eigenvalue weighted by Gasteiger charge is -2.55. The van der Waals surface area contributed by atoms with Crippen LogP contribution >= 0.6 is 0 Å². The number of amides is 1. The van der Waals surface area contributed by atoms with Crippen molar-refractivity contribution in [1.29, 1.82) is 0 Å². The first-order chi connectivity index (χ1) is 11.2. The Hall–Kier alpha value is -1.43. The zero-order valence-electron chi connectivity index (χ0n) is 13.7. The lowest BCUT2D eigenvalue weighted by atomic mass is 9.58. The summed E-state index contributed by atoms with van der Waals surface area (Å²) in [4.78, 5) is 12.2. The average molecular weight is 318 g/mol. The minimum absolute atomic E-state index is 0.0329. The quantitative estimate of drug-likeness (QED) is 0.773. The van der Waals surface area contributed by atoms with Gasteiger partial charge in [-0.25, -0.2) is 0 Å². The number of hydrogen-bond acceptors (Lipinski definition) is 4. The first-order valence-corrected chi connectivity index (χ1v) is 8.52. The monoisotopic (exact) mass is 318 g/mol. The number of nitrogens with one attached hydrogen (secondary N) is 2. The maximum atomic E-state index is 12.2. The molecule has 126 valence electrons. The van der Waals surface area contributed by atoms with Crippen LogP contribution in [0.5, 0.6) is 0 Å². The van der Waals surface area contributed by atoms with Crippen molar-refractivity contribution < 1.29 is 14.6 Å². The van der Waals surface area contributed by atoms with E-state index in [1.165, 1.54) is 0 Å². The van der Waals surface area contributed by atoms with E-state index in [4.69, 9.17) is 4.74 Å². The van der Waals surface area contributed by atoms with Crippen molar-refractivity contribution in [3.05, 3.63) is 29.8 Å². The number of aliphatic hydroxyl groups is 1. The van der Waals surface area contributed by atoms with E-state index in [1.807, 2.05) is 24.3 Å². The van der Waals surface area contributed by atoms with Gasteiger partial charge in [-0.1, -0.05) is 25.1 Å². The number of ether oxygens (including phenoxy) is 1. The van der Waals surface area contributed by atoms with Crippen LogP contribution in [0.2, 0.25) is 0 Å². The van der Waals surface area contributed by atoms with E-state index in [9.17, 15) is 9.90 Å². The fraction of sp³-hybridized carbons (Fsp3) is 0.611. The number of carbonyl (C=O) groups excluding carboxylic acids is 1. The summed E-state index contributed by atoms with van der Waals surface area (Å²) in [5.74, 6) is -0.0329. The molecule has 1 aromatic rings. The Morgan fingerprint density at radius 2 is 2.09 bits per heavy atom. The van der Waals surface area contributed by atoms with Gasteiger partial charge in [0.15, 0.2) is 0 Å². The highest BCUT2D eigenvalue weighted by atomic mass is 16.5. The van der Waals surface area contributed by atoms with E-state index in [0.717, 1.165) is 36.9 Å². The number of carbonyl (C=O) groups is 1. The second-order valence-electron chi connectivity index (χ2n) is 6.59. The molecule has 5 heteroatoms. The Bertz CT molecular complexity index is 555. The molecule has 1 amide bonds. The van der Waals surface area contributed by atoms with E-state index in [-0.39, 0.29) is 30.0 Å².